The highest BCUT2D eigenvalue weighted by Gasteiger charge is 2.10. The number of aromatic amines is 1. The van der Waals surface area contributed by atoms with Gasteiger partial charge in [0.15, 0.2) is 11.6 Å². The standard InChI is InChI=1S/C16H13N5S/c1-10-8-14(21-20-10)18-16-12-4-2-3-5-13(12)17-15(19-16)11-6-7-22-9-11/h2-9H,1H3,(H2,17,18,19,20,21). The molecule has 5 nitrogen and oxygen atoms in total. The quantitative estimate of drug-likeness (QED) is 0.597. The number of H-pyrrole nitrogens is 1. The number of aromatic nitrogens is 4. The van der Waals surface area contributed by atoms with Crippen molar-refractivity contribution in [2.24, 2.45) is 0 Å². The zero-order valence-electron chi connectivity index (χ0n) is 11.9. The highest BCUT2D eigenvalue weighted by Crippen LogP contribution is 2.27. The molecule has 4 rings (SSSR count). The normalized spacial score (nSPS) is 11.0. The minimum absolute atomic E-state index is 0.717. The van der Waals surface area contributed by atoms with Crippen molar-refractivity contribution < 1.29 is 0 Å². The molecule has 22 heavy (non-hydrogen) atoms. The summed E-state index contributed by atoms with van der Waals surface area (Å²) in [4.78, 5) is 9.33. The molecule has 0 aliphatic carbocycles. The van der Waals surface area contributed by atoms with Crippen molar-refractivity contribution in [1.29, 1.82) is 0 Å². The van der Waals surface area contributed by atoms with Crippen LogP contribution in [0.3, 0.4) is 0 Å². The number of hydrogen-bond donors (Lipinski definition) is 2. The largest absolute Gasteiger partial charge is 0.323 e. The molecule has 0 fully saturated rings. The fraction of sp³-hybridized carbons (Fsp3) is 0.0625. The summed E-state index contributed by atoms with van der Waals surface area (Å²) in [5.74, 6) is 2.23. The van der Waals surface area contributed by atoms with Crippen LogP contribution in [0.4, 0.5) is 11.6 Å². The Labute approximate surface area is 131 Å². The lowest BCUT2D eigenvalue weighted by Crippen LogP contribution is -1.99. The molecule has 0 aliphatic rings. The Balaban J connectivity index is 1.87. The molecule has 0 radical (unpaired) electrons. The lowest BCUT2D eigenvalue weighted by atomic mass is 10.2. The van der Waals surface area contributed by atoms with E-state index in [1.54, 1.807) is 11.3 Å². The van der Waals surface area contributed by atoms with Crippen molar-refractivity contribution >= 4 is 33.9 Å². The first-order chi connectivity index (χ1) is 10.8. The SMILES string of the molecule is Cc1cc(Nc2nc(-c3ccsc3)nc3ccccc23)n[nH]1. The van der Waals surface area contributed by atoms with Gasteiger partial charge in [0.05, 0.1) is 5.52 Å². The van der Waals surface area contributed by atoms with Gasteiger partial charge in [-0.15, -0.1) is 0 Å². The van der Waals surface area contributed by atoms with E-state index in [1.165, 1.54) is 0 Å². The van der Waals surface area contributed by atoms with Crippen LogP contribution in [0, 0.1) is 6.92 Å². The van der Waals surface area contributed by atoms with Crippen LogP contribution < -0.4 is 5.32 Å². The number of hydrogen-bond acceptors (Lipinski definition) is 5. The van der Waals surface area contributed by atoms with Gasteiger partial charge < -0.3 is 5.32 Å². The van der Waals surface area contributed by atoms with E-state index in [-0.39, 0.29) is 0 Å². The Bertz CT molecular complexity index is 927. The average Bonchev–Trinajstić information content (AvgIpc) is 3.19. The second-order valence-electron chi connectivity index (χ2n) is 4.99. The summed E-state index contributed by atoms with van der Waals surface area (Å²) >= 11 is 1.64. The fourth-order valence-electron chi connectivity index (χ4n) is 2.30. The van der Waals surface area contributed by atoms with Gasteiger partial charge in [0, 0.05) is 28.1 Å². The second-order valence-corrected chi connectivity index (χ2v) is 5.77. The molecule has 1 aromatic carbocycles. The fourth-order valence-corrected chi connectivity index (χ4v) is 2.93. The molecule has 0 bridgehead atoms. The Hall–Kier alpha value is -2.73. The maximum Gasteiger partial charge on any atom is 0.163 e. The summed E-state index contributed by atoms with van der Waals surface area (Å²) in [6.45, 7) is 1.97. The predicted molar refractivity (Wildman–Crippen MR) is 89.5 cm³/mol. The number of nitrogens with zero attached hydrogens (tertiary/aromatic N) is 3. The van der Waals surface area contributed by atoms with Gasteiger partial charge in [0.2, 0.25) is 0 Å². The molecule has 3 heterocycles. The Morgan fingerprint density at radius 3 is 2.82 bits per heavy atom. The molecule has 0 spiro atoms. The molecule has 0 saturated heterocycles. The molecule has 2 N–H and O–H groups in total. The van der Waals surface area contributed by atoms with E-state index in [9.17, 15) is 0 Å². The van der Waals surface area contributed by atoms with Crippen molar-refractivity contribution in [3.8, 4) is 11.4 Å². The highest BCUT2D eigenvalue weighted by atomic mass is 32.1. The van der Waals surface area contributed by atoms with Crippen LogP contribution in [-0.4, -0.2) is 20.2 Å². The number of thiophene rings is 1. The summed E-state index contributed by atoms with van der Waals surface area (Å²) in [7, 11) is 0. The lowest BCUT2D eigenvalue weighted by molar-refractivity contribution is 1.05. The first-order valence-electron chi connectivity index (χ1n) is 6.88. The Morgan fingerprint density at radius 2 is 2.05 bits per heavy atom. The maximum absolute atomic E-state index is 4.68. The van der Waals surface area contributed by atoms with Crippen molar-refractivity contribution in [3.63, 3.8) is 0 Å². The molecule has 6 heteroatoms. The monoisotopic (exact) mass is 307 g/mol. The van der Waals surface area contributed by atoms with Crippen LogP contribution >= 0.6 is 11.3 Å². The second kappa shape index (κ2) is 5.23. The topological polar surface area (TPSA) is 66.5 Å². The van der Waals surface area contributed by atoms with Gasteiger partial charge in [-0.05, 0) is 30.5 Å². The zero-order valence-corrected chi connectivity index (χ0v) is 12.7. The molecule has 4 aromatic rings. The van der Waals surface area contributed by atoms with Crippen LogP contribution in [0.15, 0.2) is 47.2 Å². The van der Waals surface area contributed by atoms with Crippen molar-refractivity contribution in [2.75, 3.05) is 5.32 Å². The predicted octanol–water partition coefficient (Wildman–Crippen LogP) is 4.13. The Kier molecular flexibility index (Phi) is 3.08. The number of benzene rings is 1. The van der Waals surface area contributed by atoms with E-state index < -0.39 is 0 Å². The summed E-state index contributed by atoms with van der Waals surface area (Å²) in [6, 6.07) is 11.9. The van der Waals surface area contributed by atoms with E-state index in [4.69, 9.17) is 0 Å². The number of aryl methyl sites for hydroxylation is 1. The van der Waals surface area contributed by atoms with E-state index in [0.29, 0.717) is 0 Å². The smallest absolute Gasteiger partial charge is 0.163 e. The summed E-state index contributed by atoms with van der Waals surface area (Å²) in [5, 5.41) is 15.5. The summed E-state index contributed by atoms with van der Waals surface area (Å²) in [6.07, 6.45) is 0. The van der Waals surface area contributed by atoms with Crippen LogP contribution in [0.25, 0.3) is 22.3 Å². The summed E-state index contributed by atoms with van der Waals surface area (Å²) in [5.41, 5.74) is 2.93. The van der Waals surface area contributed by atoms with Crippen LogP contribution in [0.1, 0.15) is 5.69 Å². The van der Waals surface area contributed by atoms with Gasteiger partial charge in [-0.2, -0.15) is 16.4 Å². The zero-order chi connectivity index (χ0) is 14.9. The number of rotatable bonds is 3. The number of fused-ring (bicyclic) bond motifs is 1. The number of anilines is 2. The minimum atomic E-state index is 0.717. The van der Waals surface area contributed by atoms with Crippen molar-refractivity contribution in [3.05, 3.63) is 52.9 Å². The molecule has 108 valence electrons. The molecule has 3 aromatic heterocycles. The third kappa shape index (κ3) is 2.33. The van der Waals surface area contributed by atoms with Gasteiger partial charge in [-0.1, -0.05) is 12.1 Å². The molecular weight excluding hydrogens is 294 g/mol. The third-order valence-corrected chi connectivity index (χ3v) is 4.02. The van der Waals surface area contributed by atoms with Crippen LogP contribution in [0.5, 0.6) is 0 Å². The van der Waals surface area contributed by atoms with Gasteiger partial charge in [-0.25, -0.2) is 9.97 Å². The minimum Gasteiger partial charge on any atom is -0.323 e. The Morgan fingerprint density at radius 1 is 1.14 bits per heavy atom. The van der Waals surface area contributed by atoms with E-state index in [0.717, 1.165) is 39.6 Å². The van der Waals surface area contributed by atoms with Crippen molar-refractivity contribution in [2.45, 2.75) is 6.92 Å². The lowest BCUT2D eigenvalue weighted by Gasteiger charge is -2.08. The van der Waals surface area contributed by atoms with E-state index >= 15 is 0 Å². The van der Waals surface area contributed by atoms with Crippen LogP contribution in [0.2, 0.25) is 0 Å². The van der Waals surface area contributed by atoms with Gasteiger partial charge >= 0.3 is 0 Å². The van der Waals surface area contributed by atoms with E-state index in [2.05, 4.69) is 25.5 Å². The molecular formula is C16H13N5S. The highest BCUT2D eigenvalue weighted by molar-refractivity contribution is 7.08. The number of para-hydroxylation sites is 1. The van der Waals surface area contributed by atoms with E-state index in [1.807, 2.05) is 54.1 Å². The molecule has 0 unspecified atom stereocenters. The average molecular weight is 307 g/mol. The molecule has 0 aliphatic heterocycles. The van der Waals surface area contributed by atoms with Crippen LogP contribution in [-0.2, 0) is 0 Å². The molecule has 0 saturated carbocycles. The third-order valence-electron chi connectivity index (χ3n) is 3.34. The maximum atomic E-state index is 4.68. The van der Waals surface area contributed by atoms with Gasteiger partial charge in [0.1, 0.15) is 5.82 Å². The van der Waals surface area contributed by atoms with Gasteiger partial charge in [-0.3, -0.25) is 5.10 Å². The summed E-state index contributed by atoms with van der Waals surface area (Å²) < 4.78 is 0. The van der Waals surface area contributed by atoms with Crippen molar-refractivity contribution in [1.82, 2.24) is 20.2 Å². The first-order valence-corrected chi connectivity index (χ1v) is 7.82. The number of nitrogens with one attached hydrogen (secondary N) is 2. The molecule has 0 atom stereocenters. The first kappa shape index (κ1) is 13.0. The van der Waals surface area contributed by atoms with Gasteiger partial charge in [0.25, 0.3) is 0 Å². The molecule has 0 amide bonds.